The monoisotopic (exact) mass is 629 g/mol. The summed E-state index contributed by atoms with van der Waals surface area (Å²) in [6.45, 7) is 2.60. The zero-order valence-electron chi connectivity index (χ0n) is 27.1. The molecule has 0 aliphatic rings. The van der Waals surface area contributed by atoms with Gasteiger partial charge in [-0.15, -0.1) is 10.2 Å². The average molecular weight is 630 g/mol. The molecule has 0 heterocycles. The quantitative estimate of drug-likeness (QED) is 0.0644. The molecule has 5 rings (SSSR count). The number of fused-ring (bicyclic) bond motifs is 2. The summed E-state index contributed by atoms with van der Waals surface area (Å²) in [4.78, 5) is 26.5. The highest BCUT2D eigenvalue weighted by atomic mass is 16.5. The van der Waals surface area contributed by atoms with Gasteiger partial charge < -0.3 is 15.2 Å². The van der Waals surface area contributed by atoms with Crippen LogP contribution < -0.4 is 5.32 Å². The third-order valence-corrected chi connectivity index (χ3v) is 8.40. The standard InChI is InChI=1S/C40H43N3O4/c1-2-3-4-5-6-7-8-9-10-17-27-47-40(46)33-24-15-16-25-36(33)42-43-37-28-34(38(44)32-23-14-13-22-31(32)37)39(45)41-35-26-18-20-29-19-11-12-21-30(29)35/h11-16,18-26,28,44H,2-10,17,27H2,1H3,(H,41,45). The third-order valence-electron chi connectivity index (χ3n) is 8.40. The van der Waals surface area contributed by atoms with Crippen LogP contribution in [0.5, 0.6) is 5.75 Å². The molecule has 5 aromatic rings. The zero-order chi connectivity index (χ0) is 32.8. The molecule has 0 bridgehead atoms. The molecule has 0 atom stereocenters. The normalized spacial score (nSPS) is 11.3. The number of azo groups is 1. The Morgan fingerprint density at radius 1 is 0.638 bits per heavy atom. The summed E-state index contributed by atoms with van der Waals surface area (Å²) in [5.41, 5.74) is 1.76. The number of rotatable bonds is 16. The van der Waals surface area contributed by atoms with E-state index in [9.17, 15) is 14.7 Å². The lowest BCUT2D eigenvalue weighted by molar-refractivity contribution is 0.0498. The highest BCUT2D eigenvalue weighted by Gasteiger charge is 2.19. The van der Waals surface area contributed by atoms with Crippen molar-refractivity contribution in [1.82, 2.24) is 0 Å². The van der Waals surface area contributed by atoms with Crippen LogP contribution in [-0.4, -0.2) is 23.6 Å². The Kier molecular flexibility index (Phi) is 12.1. The third kappa shape index (κ3) is 8.82. The van der Waals surface area contributed by atoms with E-state index >= 15 is 0 Å². The number of nitrogens with one attached hydrogen (secondary N) is 1. The highest BCUT2D eigenvalue weighted by Crippen LogP contribution is 2.38. The summed E-state index contributed by atoms with van der Waals surface area (Å²) < 4.78 is 5.59. The zero-order valence-corrected chi connectivity index (χ0v) is 27.1. The highest BCUT2D eigenvalue weighted by molar-refractivity contribution is 6.14. The van der Waals surface area contributed by atoms with Gasteiger partial charge in [0.2, 0.25) is 0 Å². The number of nitrogens with zero attached hydrogens (tertiary/aromatic N) is 2. The van der Waals surface area contributed by atoms with Gasteiger partial charge in [0.1, 0.15) is 11.4 Å². The minimum atomic E-state index is -0.475. The van der Waals surface area contributed by atoms with E-state index in [0.29, 0.717) is 40.0 Å². The van der Waals surface area contributed by atoms with E-state index in [1.54, 1.807) is 36.4 Å². The van der Waals surface area contributed by atoms with Gasteiger partial charge in [-0.3, -0.25) is 4.79 Å². The van der Waals surface area contributed by atoms with Crippen LogP contribution in [-0.2, 0) is 4.74 Å². The number of esters is 1. The number of phenolic OH excluding ortho intramolecular Hbond substituents is 1. The number of hydrogen-bond donors (Lipinski definition) is 2. The maximum atomic E-state index is 13.5. The number of phenols is 1. The molecule has 0 unspecified atom stereocenters. The molecule has 0 spiro atoms. The van der Waals surface area contributed by atoms with Crippen molar-refractivity contribution in [3.63, 3.8) is 0 Å². The van der Waals surface area contributed by atoms with Crippen LogP contribution in [0, 0.1) is 0 Å². The van der Waals surface area contributed by atoms with Gasteiger partial charge in [-0.2, -0.15) is 0 Å². The fourth-order valence-electron chi connectivity index (χ4n) is 5.79. The van der Waals surface area contributed by atoms with Gasteiger partial charge in [0, 0.05) is 21.8 Å². The minimum Gasteiger partial charge on any atom is -0.506 e. The number of anilines is 1. The minimum absolute atomic E-state index is 0.0646. The predicted molar refractivity (Wildman–Crippen MR) is 190 cm³/mol. The van der Waals surface area contributed by atoms with E-state index in [-0.39, 0.29) is 11.3 Å². The van der Waals surface area contributed by atoms with Crippen molar-refractivity contribution in [3.05, 3.63) is 108 Å². The SMILES string of the molecule is CCCCCCCCCCCCOC(=O)c1ccccc1N=Nc1cc(C(=O)Nc2cccc3ccccc23)c(O)c2ccccc12. The molecule has 242 valence electrons. The summed E-state index contributed by atoms with van der Waals surface area (Å²) >= 11 is 0. The molecule has 0 aliphatic heterocycles. The molecule has 7 nitrogen and oxygen atoms in total. The maximum absolute atomic E-state index is 13.5. The van der Waals surface area contributed by atoms with Gasteiger partial charge >= 0.3 is 5.97 Å². The maximum Gasteiger partial charge on any atom is 0.340 e. The molecule has 0 saturated carbocycles. The first-order chi connectivity index (χ1) is 23.1. The van der Waals surface area contributed by atoms with Crippen molar-refractivity contribution in [3.8, 4) is 5.75 Å². The summed E-state index contributed by atoms with van der Waals surface area (Å²) in [7, 11) is 0. The number of hydrogen-bond acceptors (Lipinski definition) is 6. The predicted octanol–water partition coefficient (Wildman–Crippen LogP) is 11.4. The smallest absolute Gasteiger partial charge is 0.340 e. The van der Waals surface area contributed by atoms with E-state index in [4.69, 9.17) is 4.74 Å². The van der Waals surface area contributed by atoms with Gasteiger partial charge in [0.05, 0.1) is 23.4 Å². The Morgan fingerprint density at radius 3 is 2.00 bits per heavy atom. The first-order valence-corrected chi connectivity index (χ1v) is 16.8. The Morgan fingerprint density at radius 2 is 1.23 bits per heavy atom. The van der Waals surface area contributed by atoms with Crippen molar-refractivity contribution in [2.45, 2.75) is 71.1 Å². The van der Waals surface area contributed by atoms with E-state index < -0.39 is 11.9 Å². The van der Waals surface area contributed by atoms with Crippen molar-refractivity contribution in [2.75, 3.05) is 11.9 Å². The van der Waals surface area contributed by atoms with E-state index in [2.05, 4.69) is 22.5 Å². The molecule has 0 fully saturated rings. The second-order valence-corrected chi connectivity index (χ2v) is 11.9. The lowest BCUT2D eigenvalue weighted by Gasteiger charge is -2.12. The number of unbranched alkanes of at least 4 members (excludes halogenated alkanes) is 9. The molecule has 47 heavy (non-hydrogen) atoms. The van der Waals surface area contributed by atoms with Crippen LogP contribution in [0.25, 0.3) is 21.5 Å². The number of carbonyl (C=O) groups excluding carboxylic acids is 2. The van der Waals surface area contributed by atoms with Crippen LogP contribution in [0.4, 0.5) is 17.1 Å². The van der Waals surface area contributed by atoms with Gasteiger partial charge in [-0.1, -0.05) is 138 Å². The Balaban J connectivity index is 1.27. The number of carbonyl (C=O) groups is 2. The number of amides is 1. The number of aromatic hydroxyl groups is 1. The van der Waals surface area contributed by atoms with Crippen LogP contribution in [0.15, 0.2) is 107 Å². The van der Waals surface area contributed by atoms with Crippen molar-refractivity contribution in [1.29, 1.82) is 0 Å². The molecule has 0 radical (unpaired) electrons. The van der Waals surface area contributed by atoms with Crippen molar-refractivity contribution in [2.24, 2.45) is 10.2 Å². The van der Waals surface area contributed by atoms with Gasteiger partial charge in [-0.25, -0.2) is 4.79 Å². The molecule has 7 heteroatoms. The molecular weight excluding hydrogens is 586 g/mol. The van der Waals surface area contributed by atoms with Gasteiger partial charge in [0.15, 0.2) is 0 Å². The lowest BCUT2D eigenvalue weighted by atomic mass is 10.0. The Labute approximate surface area is 276 Å². The first-order valence-electron chi connectivity index (χ1n) is 16.8. The van der Waals surface area contributed by atoms with Crippen LogP contribution in [0.2, 0.25) is 0 Å². The second-order valence-electron chi connectivity index (χ2n) is 11.9. The average Bonchev–Trinajstić information content (AvgIpc) is 3.10. The largest absolute Gasteiger partial charge is 0.506 e. The summed E-state index contributed by atoms with van der Waals surface area (Å²) in [5, 5.41) is 26.0. The molecule has 5 aromatic carbocycles. The van der Waals surface area contributed by atoms with E-state index in [0.717, 1.165) is 30.0 Å². The van der Waals surface area contributed by atoms with Crippen molar-refractivity contribution < 1.29 is 19.4 Å². The summed E-state index contributed by atoms with van der Waals surface area (Å²) in [6, 6.07) is 29.0. The molecular formula is C40H43N3O4. The van der Waals surface area contributed by atoms with Crippen molar-refractivity contribution >= 4 is 50.5 Å². The van der Waals surface area contributed by atoms with E-state index in [1.807, 2.05) is 54.6 Å². The topological polar surface area (TPSA) is 100 Å². The lowest BCUT2D eigenvalue weighted by Crippen LogP contribution is -2.12. The molecule has 2 N–H and O–H groups in total. The number of benzene rings is 5. The Bertz CT molecular complexity index is 1840. The van der Waals surface area contributed by atoms with Gasteiger partial charge in [0.25, 0.3) is 5.91 Å². The molecule has 1 amide bonds. The van der Waals surface area contributed by atoms with Crippen LogP contribution in [0.1, 0.15) is 91.8 Å². The van der Waals surface area contributed by atoms with Gasteiger partial charge in [-0.05, 0) is 36.1 Å². The number of ether oxygens (including phenoxy) is 1. The Hall–Kier alpha value is -5.04. The second kappa shape index (κ2) is 17.0. The first kappa shape index (κ1) is 33.3. The summed E-state index contributed by atoms with van der Waals surface area (Å²) in [6.07, 6.45) is 12.1. The molecule has 0 saturated heterocycles. The van der Waals surface area contributed by atoms with E-state index in [1.165, 1.54) is 51.0 Å². The molecule has 0 aliphatic carbocycles. The molecule has 0 aromatic heterocycles. The van der Waals surface area contributed by atoms with Crippen LogP contribution >= 0.6 is 0 Å². The summed E-state index contributed by atoms with van der Waals surface area (Å²) in [5.74, 6) is -1.06. The van der Waals surface area contributed by atoms with Crippen LogP contribution in [0.3, 0.4) is 0 Å². The fraction of sp³-hybridized carbons (Fsp3) is 0.300. The fourth-order valence-corrected chi connectivity index (χ4v) is 5.79.